The van der Waals surface area contributed by atoms with Crippen molar-refractivity contribution in [2.24, 2.45) is 5.92 Å². The molecule has 6 heteroatoms. The largest absolute Gasteiger partial charge is 0.473 e. The molecule has 0 bridgehead atoms. The molecule has 2 rings (SSSR count). The van der Waals surface area contributed by atoms with Gasteiger partial charge in [-0.25, -0.2) is 4.98 Å². The maximum Gasteiger partial charge on any atom is 0.330 e. The van der Waals surface area contributed by atoms with Gasteiger partial charge in [0.1, 0.15) is 0 Å². The van der Waals surface area contributed by atoms with Gasteiger partial charge in [-0.1, -0.05) is 0 Å². The molecular weight excluding hydrogens is 234 g/mol. The monoisotopic (exact) mass is 251 g/mol. The zero-order valence-corrected chi connectivity index (χ0v) is 10.2. The Bertz CT molecular complexity index is 405. The van der Waals surface area contributed by atoms with Gasteiger partial charge in [-0.15, -0.1) is 0 Å². The van der Waals surface area contributed by atoms with Crippen molar-refractivity contribution in [2.45, 2.75) is 19.3 Å². The lowest BCUT2D eigenvalue weighted by Gasteiger charge is -2.22. The first kappa shape index (κ1) is 12.8. The molecule has 1 fully saturated rings. The molecule has 1 saturated heterocycles. The zero-order chi connectivity index (χ0) is 12.8. The number of ether oxygens (including phenoxy) is 1. The van der Waals surface area contributed by atoms with Gasteiger partial charge in [0.2, 0.25) is 0 Å². The van der Waals surface area contributed by atoms with Crippen molar-refractivity contribution in [2.75, 3.05) is 19.7 Å². The van der Waals surface area contributed by atoms with E-state index in [0.29, 0.717) is 12.5 Å². The molecule has 1 N–H and O–H groups in total. The molecule has 1 aromatic rings. The number of nitrogens with zero attached hydrogens (tertiary/aromatic N) is 2. The predicted octanol–water partition coefficient (Wildman–Crippen LogP) is 1.76. The third kappa shape index (κ3) is 3.40. The molecule has 18 heavy (non-hydrogen) atoms. The first-order valence-electron chi connectivity index (χ1n) is 6.20. The summed E-state index contributed by atoms with van der Waals surface area (Å²) in [6.45, 7) is 2.59. The summed E-state index contributed by atoms with van der Waals surface area (Å²) in [4.78, 5) is 14.2. The highest BCUT2D eigenvalue weighted by atomic mass is 16.6. The number of nitro groups is 1. The van der Waals surface area contributed by atoms with E-state index < -0.39 is 4.92 Å². The number of nitrogens with one attached hydrogen (secondary N) is 1. The van der Waals surface area contributed by atoms with Gasteiger partial charge in [-0.05, 0) is 44.3 Å². The number of pyridine rings is 1. The van der Waals surface area contributed by atoms with E-state index in [9.17, 15) is 10.1 Å². The SMILES string of the molecule is O=[N+]([O-])c1cccnc1OCCC1CCNCC1. The molecule has 0 radical (unpaired) electrons. The lowest BCUT2D eigenvalue weighted by molar-refractivity contribution is -0.386. The Balaban J connectivity index is 1.84. The van der Waals surface area contributed by atoms with E-state index >= 15 is 0 Å². The highest BCUT2D eigenvalue weighted by molar-refractivity contribution is 5.39. The number of hydrogen-bond donors (Lipinski definition) is 1. The smallest absolute Gasteiger partial charge is 0.330 e. The summed E-state index contributed by atoms with van der Waals surface area (Å²) < 4.78 is 5.43. The van der Waals surface area contributed by atoms with Crippen molar-refractivity contribution in [3.8, 4) is 5.88 Å². The van der Waals surface area contributed by atoms with E-state index in [-0.39, 0.29) is 11.6 Å². The summed E-state index contributed by atoms with van der Waals surface area (Å²) in [5.74, 6) is 0.769. The van der Waals surface area contributed by atoms with Crippen LogP contribution in [0.4, 0.5) is 5.69 Å². The summed E-state index contributed by atoms with van der Waals surface area (Å²) >= 11 is 0. The molecule has 2 heterocycles. The Hall–Kier alpha value is -1.69. The Labute approximate surface area is 106 Å². The normalized spacial score (nSPS) is 16.4. The van der Waals surface area contributed by atoms with Gasteiger partial charge < -0.3 is 10.1 Å². The Kier molecular flexibility index (Phi) is 4.46. The van der Waals surface area contributed by atoms with Gasteiger partial charge in [-0.3, -0.25) is 10.1 Å². The second-order valence-electron chi connectivity index (χ2n) is 4.42. The molecule has 0 spiro atoms. The van der Waals surface area contributed by atoms with Crippen LogP contribution in [0.1, 0.15) is 19.3 Å². The average molecular weight is 251 g/mol. The van der Waals surface area contributed by atoms with Crippen molar-refractivity contribution < 1.29 is 9.66 Å². The van der Waals surface area contributed by atoms with Gasteiger partial charge in [0.25, 0.3) is 5.88 Å². The first-order valence-corrected chi connectivity index (χ1v) is 6.20. The van der Waals surface area contributed by atoms with Gasteiger partial charge in [0.05, 0.1) is 11.5 Å². The summed E-state index contributed by atoms with van der Waals surface area (Å²) in [7, 11) is 0. The van der Waals surface area contributed by atoms with E-state index in [2.05, 4.69) is 10.3 Å². The molecule has 1 aromatic heterocycles. The fourth-order valence-electron chi connectivity index (χ4n) is 2.13. The molecule has 0 aromatic carbocycles. The van der Waals surface area contributed by atoms with Crippen LogP contribution in [0, 0.1) is 16.0 Å². The molecule has 0 atom stereocenters. The van der Waals surface area contributed by atoms with Crippen molar-refractivity contribution in [3.05, 3.63) is 28.4 Å². The van der Waals surface area contributed by atoms with E-state index in [1.807, 2.05) is 0 Å². The number of piperidine rings is 1. The van der Waals surface area contributed by atoms with Crippen LogP contribution >= 0.6 is 0 Å². The standard InChI is InChI=1S/C12H17N3O3/c16-15(17)11-2-1-6-14-12(11)18-9-5-10-3-7-13-8-4-10/h1-2,6,10,13H,3-5,7-9H2. The van der Waals surface area contributed by atoms with Gasteiger partial charge >= 0.3 is 5.69 Å². The van der Waals surface area contributed by atoms with Crippen LogP contribution in [-0.4, -0.2) is 29.6 Å². The molecule has 6 nitrogen and oxygen atoms in total. The van der Waals surface area contributed by atoms with Crippen LogP contribution in [0.2, 0.25) is 0 Å². The highest BCUT2D eigenvalue weighted by Crippen LogP contribution is 2.24. The lowest BCUT2D eigenvalue weighted by Crippen LogP contribution is -2.28. The van der Waals surface area contributed by atoms with Crippen molar-refractivity contribution >= 4 is 5.69 Å². The third-order valence-electron chi connectivity index (χ3n) is 3.17. The molecule has 0 aliphatic carbocycles. The molecule has 1 aliphatic rings. The minimum atomic E-state index is -0.465. The zero-order valence-electron chi connectivity index (χ0n) is 10.2. The van der Waals surface area contributed by atoms with Crippen LogP contribution in [-0.2, 0) is 0 Å². The van der Waals surface area contributed by atoms with Crippen LogP contribution in [0.3, 0.4) is 0 Å². The number of rotatable bonds is 5. The summed E-state index contributed by atoms with van der Waals surface area (Å²) in [6.07, 6.45) is 4.73. The first-order chi connectivity index (χ1) is 8.77. The Morgan fingerprint density at radius 2 is 2.28 bits per heavy atom. The van der Waals surface area contributed by atoms with Crippen LogP contribution in [0.25, 0.3) is 0 Å². The Morgan fingerprint density at radius 3 is 3.00 bits per heavy atom. The lowest BCUT2D eigenvalue weighted by atomic mass is 9.95. The summed E-state index contributed by atoms with van der Waals surface area (Å²) in [5, 5.41) is 14.1. The van der Waals surface area contributed by atoms with E-state index in [1.165, 1.54) is 18.3 Å². The van der Waals surface area contributed by atoms with Crippen LogP contribution in [0.15, 0.2) is 18.3 Å². The molecule has 1 aliphatic heterocycles. The highest BCUT2D eigenvalue weighted by Gasteiger charge is 2.17. The van der Waals surface area contributed by atoms with E-state index in [4.69, 9.17) is 4.74 Å². The minimum absolute atomic E-state index is 0.0668. The fourth-order valence-corrected chi connectivity index (χ4v) is 2.13. The third-order valence-corrected chi connectivity index (χ3v) is 3.17. The second-order valence-corrected chi connectivity index (χ2v) is 4.42. The number of hydrogen-bond acceptors (Lipinski definition) is 5. The molecule has 0 saturated carbocycles. The molecule has 0 unspecified atom stereocenters. The summed E-state index contributed by atoms with van der Waals surface area (Å²) in [5.41, 5.74) is -0.0668. The topological polar surface area (TPSA) is 77.3 Å². The van der Waals surface area contributed by atoms with Crippen molar-refractivity contribution in [3.63, 3.8) is 0 Å². The predicted molar refractivity (Wildman–Crippen MR) is 66.6 cm³/mol. The average Bonchev–Trinajstić information content (AvgIpc) is 2.40. The molecular formula is C12H17N3O3. The van der Waals surface area contributed by atoms with Gasteiger partial charge in [0, 0.05) is 12.3 Å². The van der Waals surface area contributed by atoms with Crippen LogP contribution < -0.4 is 10.1 Å². The van der Waals surface area contributed by atoms with Crippen molar-refractivity contribution in [1.29, 1.82) is 0 Å². The minimum Gasteiger partial charge on any atom is -0.473 e. The van der Waals surface area contributed by atoms with E-state index in [1.54, 1.807) is 0 Å². The van der Waals surface area contributed by atoms with Gasteiger partial charge in [-0.2, -0.15) is 0 Å². The Morgan fingerprint density at radius 1 is 1.50 bits per heavy atom. The van der Waals surface area contributed by atoms with Crippen LogP contribution in [0.5, 0.6) is 5.88 Å². The molecule has 98 valence electrons. The summed E-state index contributed by atoms with van der Waals surface area (Å²) in [6, 6.07) is 2.95. The quantitative estimate of drug-likeness (QED) is 0.637. The van der Waals surface area contributed by atoms with E-state index in [0.717, 1.165) is 32.4 Å². The number of aromatic nitrogens is 1. The second kappa shape index (κ2) is 6.30. The van der Waals surface area contributed by atoms with Gasteiger partial charge in [0.15, 0.2) is 0 Å². The maximum atomic E-state index is 10.8. The fraction of sp³-hybridized carbons (Fsp3) is 0.583. The molecule has 0 amide bonds. The van der Waals surface area contributed by atoms with Crippen molar-refractivity contribution in [1.82, 2.24) is 10.3 Å². The maximum absolute atomic E-state index is 10.8.